The maximum absolute atomic E-state index is 12.1. The lowest BCUT2D eigenvalue weighted by atomic mass is 9.49. The molecule has 2 aliphatic heterocycles. The van der Waals surface area contributed by atoms with Crippen molar-refractivity contribution in [2.24, 2.45) is 5.92 Å². The standard InChI is InChI=1S/C21H23NO5/c23-14-4-3-12-9-15-21(26)6-5-13(19(24)25)18-20(21,16(12)17(14)27-18)7-8-22(15)10-11-1-2-11/h3-5,11,15,18,23,26H,1-2,6-10H2,(H,24,25)/t15-,18?,20+,21-/m1/s1. The fourth-order valence-corrected chi connectivity index (χ4v) is 6.31. The number of phenols is 1. The van der Waals surface area contributed by atoms with Crippen molar-refractivity contribution in [3.05, 3.63) is 34.9 Å². The average Bonchev–Trinajstić information content (AvgIpc) is 3.36. The number of hydrogen-bond acceptors (Lipinski definition) is 5. The monoisotopic (exact) mass is 369 g/mol. The summed E-state index contributed by atoms with van der Waals surface area (Å²) >= 11 is 0. The van der Waals surface area contributed by atoms with Gasteiger partial charge in [0.2, 0.25) is 0 Å². The molecule has 1 unspecified atom stereocenters. The maximum Gasteiger partial charge on any atom is 0.335 e. The number of aromatic hydroxyl groups is 1. The summed E-state index contributed by atoms with van der Waals surface area (Å²) in [5.41, 5.74) is 0.270. The highest BCUT2D eigenvalue weighted by atomic mass is 16.5. The third-order valence-corrected chi connectivity index (χ3v) is 7.68. The number of hydrogen-bond donors (Lipinski definition) is 3. The largest absolute Gasteiger partial charge is 0.504 e. The smallest absolute Gasteiger partial charge is 0.335 e. The number of piperidine rings is 1. The Labute approximate surface area is 157 Å². The summed E-state index contributed by atoms with van der Waals surface area (Å²) < 4.78 is 6.10. The Kier molecular flexibility index (Phi) is 2.87. The first-order chi connectivity index (χ1) is 13.0. The number of ether oxygens (including phenoxy) is 1. The van der Waals surface area contributed by atoms with Gasteiger partial charge in [-0.2, -0.15) is 0 Å². The van der Waals surface area contributed by atoms with Crippen LogP contribution < -0.4 is 4.74 Å². The van der Waals surface area contributed by atoms with Gasteiger partial charge in [-0.1, -0.05) is 12.1 Å². The SMILES string of the molecule is O=C(O)C1=CC[C@@]2(O)[C@H]3Cc4ccc(O)c5c4[C@@]2(CCN3CC2CC2)C1O5. The van der Waals surface area contributed by atoms with Crippen molar-refractivity contribution in [1.82, 2.24) is 4.90 Å². The summed E-state index contributed by atoms with van der Waals surface area (Å²) in [6.45, 7) is 1.83. The lowest BCUT2D eigenvalue weighted by Gasteiger charge is -2.62. The number of carbonyl (C=O) groups is 1. The predicted octanol–water partition coefficient (Wildman–Crippen LogP) is 1.58. The molecule has 1 saturated heterocycles. The number of carboxylic acid groups (broad SMARTS) is 1. The van der Waals surface area contributed by atoms with Crippen LogP contribution in [-0.2, 0) is 16.6 Å². The molecule has 2 bridgehead atoms. The molecule has 0 amide bonds. The normalized spacial score (nSPS) is 38.8. The van der Waals surface area contributed by atoms with Crippen LogP contribution in [0.3, 0.4) is 0 Å². The molecule has 5 aliphatic rings. The number of carboxylic acids is 1. The van der Waals surface area contributed by atoms with E-state index in [1.807, 2.05) is 6.07 Å². The number of phenolic OH excluding ortho intramolecular Hbond substituents is 1. The van der Waals surface area contributed by atoms with Gasteiger partial charge in [0.25, 0.3) is 0 Å². The van der Waals surface area contributed by atoms with Crippen LogP contribution in [0.2, 0.25) is 0 Å². The van der Waals surface area contributed by atoms with Crippen molar-refractivity contribution < 1.29 is 24.9 Å². The lowest BCUT2D eigenvalue weighted by Crippen LogP contribution is -2.75. The molecular weight excluding hydrogens is 346 g/mol. The summed E-state index contributed by atoms with van der Waals surface area (Å²) in [5, 5.41) is 32.2. The maximum atomic E-state index is 12.1. The molecule has 6 rings (SSSR count). The Morgan fingerprint density at radius 3 is 2.89 bits per heavy atom. The van der Waals surface area contributed by atoms with Crippen LogP contribution in [0.4, 0.5) is 0 Å². The number of rotatable bonds is 3. The Bertz CT molecular complexity index is 906. The van der Waals surface area contributed by atoms with E-state index in [1.165, 1.54) is 12.8 Å². The van der Waals surface area contributed by atoms with Gasteiger partial charge in [0.1, 0.15) is 6.10 Å². The molecule has 1 aromatic carbocycles. The molecule has 1 spiro atoms. The van der Waals surface area contributed by atoms with Gasteiger partial charge < -0.3 is 20.1 Å². The van der Waals surface area contributed by atoms with Crippen molar-refractivity contribution in [3.8, 4) is 11.5 Å². The molecule has 27 heavy (non-hydrogen) atoms. The third-order valence-electron chi connectivity index (χ3n) is 7.68. The summed E-state index contributed by atoms with van der Waals surface area (Å²) in [7, 11) is 0. The molecule has 1 saturated carbocycles. The van der Waals surface area contributed by atoms with E-state index >= 15 is 0 Å². The van der Waals surface area contributed by atoms with Crippen LogP contribution in [0.5, 0.6) is 11.5 Å². The molecule has 6 nitrogen and oxygen atoms in total. The minimum absolute atomic E-state index is 0.0310. The number of aliphatic carboxylic acids is 1. The molecule has 3 aliphatic carbocycles. The fourth-order valence-electron chi connectivity index (χ4n) is 6.31. The van der Waals surface area contributed by atoms with Crippen LogP contribution in [0.15, 0.2) is 23.8 Å². The number of nitrogens with zero attached hydrogens (tertiary/aromatic N) is 1. The van der Waals surface area contributed by atoms with Crippen molar-refractivity contribution >= 4 is 5.97 Å². The number of aliphatic hydroxyl groups is 1. The predicted molar refractivity (Wildman–Crippen MR) is 95.9 cm³/mol. The molecule has 0 aromatic heterocycles. The first-order valence-corrected chi connectivity index (χ1v) is 9.87. The molecule has 142 valence electrons. The third kappa shape index (κ3) is 1.76. The Hall–Kier alpha value is -2.05. The summed E-state index contributed by atoms with van der Waals surface area (Å²) in [5.74, 6) is 0.124. The zero-order valence-electron chi connectivity index (χ0n) is 15.0. The fraction of sp³-hybridized carbons (Fsp3) is 0.571. The van der Waals surface area contributed by atoms with E-state index in [2.05, 4.69) is 4.90 Å². The van der Waals surface area contributed by atoms with Gasteiger partial charge >= 0.3 is 5.97 Å². The van der Waals surface area contributed by atoms with Gasteiger partial charge in [-0.3, -0.25) is 4.90 Å². The summed E-state index contributed by atoms with van der Waals surface area (Å²) in [4.78, 5) is 14.3. The lowest BCUT2D eigenvalue weighted by molar-refractivity contribution is -0.167. The first kappa shape index (κ1) is 16.0. The minimum atomic E-state index is -1.07. The molecule has 1 aromatic rings. The van der Waals surface area contributed by atoms with Gasteiger partial charge in [0, 0.05) is 18.2 Å². The van der Waals surface area contributed by atoms with Crippen molar-refractivity contribution in [2.75, 3.05) is 13.1 Å². The van der Waals surface area contributed by atoms with E-state index in [0.717, 1.165) is 30.1 Å². The molecule has 6 heteroatoms. The molecule has 3 N–H and O–H groups in total. The zero-order chi connectivity index (χ0) is 18.6. The van der Waals surface area contributed by atoms with Crippen molar-refractivity contribution in [2.45, 2.75) is 55.3 Å². The van der Waals surface area contributed by atoms with E-state index in [9.17, 15) is 20.1 Å². The second-order valence-electron chi connectivity index (χ2n) is 8.92. The Morgan fingerprint density at radius 1 is 1.33 bits per heavy atom. The van der Waals surface area contributed by atoms with Gasteiger partial charge in [-0.15, -0.1) is 0 Å². The van der Waals surface area contributed by atoms with Crippen molar-refractivity contribution in [3.63, 3.8) is 0 Å². The van der Waals surface area contributed by atoms with E-state index in [0.29, 0.717) is 25.0 Å². The van der Waals surface area contributed by atoms with Gasteiger partial charge in [0.15, 0.2) is 11.5 Å². The molecular formula is C21H23NO5. The minimum Gasteiger partial charge on any atom is -0.504 e. The van der Waals surface area contributed by atoms with E-state index in [-0.39, 0.29) is 17.4 Å². The topological polar surface area (TPSA) is 90.2 Å². The first-order valence-electron chi connectivity index (χ1n) is 9.87. The molecule has 2 fully saturated rings. The van der Waals surface area contributed by atoms with E-state index < -0.39 is 23.1 Å². The zero-order valence-corrected chi connectivity index (χ0v) is 15.0. The van der Waals surface area contributed by atoms with Gasteiger partial charge in [-0.05, 0) is 56.2 Å². The Balaban J connectivity index is 1.59. The number of likely N-dealkylation sites (tertiary alicyclic amines) is 1. The van der Waals surface area contributed by atoms with Crippen LogP contribution in [0.25, 0.3) is 0 Å². The van der Waals surface area contributed by atoms with Crippen LogP contribution >= 0.6 is 0 Å². The summed E-state index contributed by atoms with van der Waals surface area (Å²) in [6.07, 6.45) is 5.08. The highest BCUT2D eigenvalue weighted by molar-refractivity contribution is 5.90. The second-order valence-corrected chi connectivity index (χ2v) is 8.92. The van der Waals surface area contributed by atoms with Crippen molar-refractivity contribution in [1.29, 1.82) is 0 Å². The molecule has 0 radical (unpaired) electrons. The van der Waals surface area contributed by atoms with Gasteiger partial charge in [-0.25, -0.2) is 4.79 Å². The van der Waals surface area contributed by atoms with Crippen LogP contribution in [0, 0.1) is 5.92 Å². The average molecular weight is 369 g/mol. The molecule has 4 atom stereocenters. The number of benzene rings is 1. The quantitative estimate of drug-likeness (QED) is 0.750. The van der Waals surface area contributed by atoms with Crippen LogP contribution in [-0.4, -0.2) is 57.0 Å². The Morgan fingerprint density at radius 2 is 2.15 bits per heavy atom. The van der Waals surface area contributed by atoms with E-state index in [4.69, 9.17) is 4.74 Å². The highest BCUT2D eigenvalue weighted by Crippen LogP contribution is 2.65. The second kappa shape index (κ2) is 4.86. The van der Waals surface area contributed by atoms with Crippen LogP contribution in [0.1, 0.15) is 36.8 Å². The van der Waals surface area contributed by atoms with E-state index in [1.54, 1.807) is 12.1 Å². The highest BCUT2D eigenvalue weighted by Gasteiger charge is 2.72. The summed E-state index contributed by atoms with van der Waals surface area (Å²) in [6, 6.07) is 3.51. The van der Waals surface area contributed by atoms with Gasteiger partial charge in [0.05, 0.1) is 16.6 Å². The molecule has 2 heterocycles.